The van der Waals surface area contributed by atoms with Gasteiger partial charge in [-0.1, -0.05) is 0 Å². The highest BCUT2D eigenvalue weighted by atomic mass is 16.5. The number of nitrogens with one attached hydrogen (secondary N) is 4. The van der Waals surface area contributed by atoms with Crippen molar-refractivity contribution < 1.29 is 4.74 Å². The molecule has 1 aromatic carbocycles. The van der Waals surface area contributed by atoms with E-state index in [9.17, 15) is 0 Å². The molecule has 0 aliphatic carbocycles. The molecule has 2 aromatic heterocycles. The summed E-state index contributed by atoms with van der Waals surface area (Å²) >= 11 is 0. The molecule has 4 N–H and O–H groups in total. The summed E-state index contributed by atoms with van der Waals surface area (Å²) in [5, 5.41) is 10.4. The van der Waals surface area contributed by atoms with Gasteiger partial charge < -0.3 is 30.6 Å². The number of nitrogens with zero attached hydrogens (tertiary/aromatic N) is 4. The third-order valence-corrected chi connectivity index (χ3v) is 5.80. The zero-order chi connectivity index (χ0) is 20.3. The molecule has 2 fully saturated rings. The molecule has 0 bridgehead atoms. The van der Waals surface area contributed by atoms with Crippen molar-refractivity contribution in [3.63, 3.8) is 0 Å². The van der Waals surface area contributed by atoms with Crippen molar-refractivity contribution >= 4 is 34.3 Å². The maximum absolute atomic E-state index is 5.46. The minimum atomic E-state index is 0.398. The molecule has 9 heteroatoms. The minimum absolute atomic E-state index is 0.398. The van der Waals surface area contributed by atoms with E-state index < -0.39 is 0 Å². The Hall–Kier alpha value is -2.91. The number of fused-ring (bicyclic) bond motifs is 1. The van der Waals surface area contributed by atoms with E-state index in [-0.39, 0.29) is 0 Å². The van der Waals surface area contributed by atoms with Crippen molar-refractivity contribution in [2.75, 3.05) is 54.9 Å². The number of aryl methyl sites for hydroxylation is 1. The molecule has 0 saturated carbocycles. The topological polar surface area (TPSA) is 103 Å². The molecular weight excluding hydrogens is 380 g/mol. The Kier molecular flexibility index (Phi) is 5.37. The standard InChI is InChI=1S/C21H28N8O/c1-14-12-16(29-8-10-30-11-9-29)2-3-17(14)26-21-27-19-18(23-13-24-19)20(28-21)25-15-4-6-22-7-5-15/h2-3,12-13,15,22H,4-11H2,1H3,(H3,23,24,25,26,27,28). The smallest absolute Gasteiger partial charge is 0.231 e. The zero-order valence-electron chi connectivity index (χ0n) is 17.2. The molecule has 3 aromatic rings. The number of H-pyrrole nitrogens is 1. The summed E-state index contributed by atoms with van der Waals surface area (Å²) in [7, 11) is 0. The maximum Gasteiger partial charge on any atom is 0.231 e. The van der Waals surface area contributed by atoms with E-state index in [1.807, 2.05) is 0 Å². The number of morpholine rings is 1. The third-order valence-electron chi connectivity index (χ3n) is 5.80. The lowest BCUT2D eigenvalue weighted by molar-refractivity contribution is 0.122. The van der Waals surface area contributed by atoms with Crippen LogP contribution < -0.4 is 20.9 Å². The Morgan fingerprint density at radius 1 is 1.13 bits per heavy atom. The normalized spacial score (nSPS) is 18.0. The van der Waals surface area contributed by atoms with Gasteiger partial charge in [-0.3, -0.25) is 0 Å². The van der Waals surface area contributed by atoms with Gasteiger partial charge in [-0.05, 0) is 56.6 Å². The summed E-state index contributed by atoms with van der Waals surface area (Å²) in [5.41, 5.74) is 4.87. The van der Waals surface area contributed by atoms with Crippen LogP contribution in [-0.4, -0.2) is 65.4 Å². The first kappa shape index (κ1) is 19.1. The number of anilines is 4. The van der Waals surface area contributed by atoms with Crippen molar-refractivity contribution in [3.8, 4) is 0 Å². The Balaban J connectivity index is 1.38. The number of piperidine rings is 1. The number of aromatic amines is 1. The van der Waals surface area contributed by atoms with Crippen LogP contribution in [0.5, 0.6) is 0 Å². The number of ether oxygens (including phenoxy) is 1. The first-order valence-electron chi connectivity index (χ1n) is 10.6. The Bertz CT molecular complexity index is 1010. The van der Waals surface area contributed by atoms with Crippen molar-refractivity contribution in [2.24, 2.45) is 0 Å². The van der Waals surface area contributed by atoms with Crippen molar-refractivity contribution in [3.05, 3.63) is 30.1 Å². The largest absolute Gasteiger partial charge is 0.378 e. The number of imidazole rings is 1. The van der Waals surface area contributed by atoms with Crippen LogP contribution in [0, 0.1) is 6.92 Å². The van der Waals surface area contributed by atoms with Crippen LogP contribution in [0.3, 0.4) is 0 Å². The predicted octanol–water partition coefficient (Wildman–Crippen LogP) is 2.41. The van der Waals surface area contributed by atoms with Crippen LogP contribution in [0.4, 0.5) is 23.1 Å². The molecule has 2 aliphatic heterocycles. The lowest BCUT2D eigenvalue weighted by Gasteiger charge is -2.29. The number of hydrogen-bond acceptors (Lipinski definition) is 8. The Morgan fingerprint density at radius 2 is 1.97 bits per heavy atom. The third kappa shape index (κ3) is 4.03. The first-order chi connectivity index (χ1) is 14.8. The second-order valence-electron chi connectivity index (χ2n) is 7.89. The molecule has 0 radical (unpaired) electrons. The molecule has 30 heavy (non-hydrogen) atoms. The summed E-state index contributed by atoms with van der Waals surface area (Å²) in [6.45, 7) is 7.57. The van der Waals surface area contributed by atoms with Gasteiger partial charge in [0.1, 0.15) is 5.52 Å². The summed E-state index contributed by atoms with van der Waals surface area (Å²) in [4.78, 5) is 19.2. The van der Waals surface area contributed by atoms with E-state index in [1.54, 1.807) is 6.33 Å². The van der Waals surface area contributed by atoms with Gasteiger partial charge >= 0.3 is 0 Å². The van der Waals surface area contributed by atoms with E-state index in [4.69, 9.17) is 9.72 Å². The number of hydrogen-bond donors (Lipinski definition) is 4. The van der Waals surface area contributed by atoms with Crippen LogP contribution in [-0.2, 0) is 4.74 Å². The van der Waals surface area contributed by atoms with Crippen LogP contribution in [0.25, 0.3) is 11.2 Å². The fraction of sp³-hybridized carbons (Fsp3) is 0.476. The SMILES string of the molecule is Cc1cc(N2CCOCC2)ccc1Nc1nc(NC2CCNCC2)c2[nH]cnc2n1. The summed E-state index contributed by atoms with van der Waals surface area (Å²) in [6.07, 6.45) is 3.81. The van der Waals surface area contributed by atoms with Crippen LogP contribution >= 0.6 is 0 Å². The average molecular weight is 409 g/mol. The average Bonchev–Trinajstić information content (AvgIpc) is 3.26. The molecule has 0 amide bonds. The van der Waals surface area contributed by atoms with Crippen LogP contribution in [0.1, 0.15) is 18.4 Å². The Labute approximate surface area is 175 Å². The van der Waals surface area contributed by atoms with Crippen LogP contribution in [0.15, 0.2) is 24.5 Å². The van der Waals surface area contributed by atoms with Gasteiger partial charge in [0.25, 0.3) is 0 Å². The highest BCUT2D eigenvalue weighted by molar-refractivity contribution is 5.84. The van der Waals surface area contributed by atoms with Gasteiger partial charge in [-0.25, -0.2) is 4.98 Å². The van der Waals surface area contributed by atoms with Crippen LogP contribution in [0.2, 0.25) is 0 Å². The predicted molar refractivity (Wildman–Crippen MR) is 119 cm³/mol. The van der Waals surface area contributed by atoms with E-state index in [0.717, 1.165) is 74.8 Å². The molecule has 4 heterocycles. The van der Waals surface area contributed by atoms with Gasteiger partial charge in [0.2, 0.25) is 5.95 Å². The van der Waals surface area contributed by atoms with Gasteiger partial charge in [-0.2, -0.15) is 9.97 Å². The lowest BCUT2D eigenvalue weighted by Crippen LogP contribution is -2.36. The monoisotopic (exact) mass is 408 g/mol. The van der Waals surface area contributed by atoms with Gasteiger partial charge in [0, 0.05) is 30.5 Å². The van der Waals surface area contributed by atoms with Gasteiger partial charge in [0.05, 0.1) is 19.5 Å². The van der Waals surface area contributed by atoms with E-state index >= 15 is 0 Å². The van der Waals surface area contributed by atoms with Gasteiger partial charge in [-0.15, -0.1) is 0 Å². The quantitative estimate of drug-likeness (QED) is 0.510. The fourth-order valence-corrected chi connectivity index (χ4v) is 4.08. The maximum atomic E-state index is 5.46. The summed E-state index contributed by atoms with van der Waals surface area (Å²) < 4.78 is 5.46. The lowest BCUT2D eigenvalue weighted by atomic mass is 10.1. The fourth-order valence-electron chi connectivity index (χ4n) is 4.08. The second kappa shape index (κ2) is 8.45. The summed E-state index contributed by atoms with van der Waals surface area (Å²) in [5.74, 6) is 1.35. The molecule has 9 nitrogen and oxygen atoms in total. The molecule has 0 unspecified atom stereocenters. The van der Waals surface area contributed by atoms with Crippen molar-refractivity contribution in [2.45, 2.75) is 25.8 Å². The molecule has 0 spiro atoms. The number of rotatable bonds is 5. The second-order valence-corrected chi connectivity index (χ2v) is 7.89. The molecule has 158 valence electrons. The molecule has 2 saturated heterocycles. The van der Waals surface area contributed by atoms with E-state index in [1.165, 1.54) is 5.69 Å². The minimum Gasteiger partial charge on any atom is -0.378 e. The zero-order valence-corrected chi connectivity index (χ0v) is 17.2. The summed E-state index contributed by atoms with van der Waals surface area (Å²) in [6, 6.07) is 6.84. The molecular formula is C21H28N8O. The van der Waals surface area contributed by atoms with Gasteiger partial charge in [0.15, 0.2) is 11.5 Å². The first-order valence-corrected chi connectivity index (χ1v) is 10.6. The van der Waals surface area contributed by atoms with E-state index in [0.29, 0.717) is 17.6 Å². The highest BCUT2D eigenvalue weighted by Gasteiger charge is 2.18. The van der Waals surface area contributed by atoms with E-state index in [2.05, 4.69) is 60.9 Å². The van der Waals surface area contributed by atoms with Crippen molar-refractivity contribution in [1.82, 2.24) is 25.3 Å². The number of aromatic nitrogens is 4. The Morgan fingerprint density at radius 3 is 2.77 bits per heavy atom. The molecule has 2 aliphatic rings. The van der Waals surface area contributed by atoms with Crippen molar-refractivity contribution in [1.29, 1.82) is 0 Å². The molecule has 5 rings (SSSR count). The molecule has 0 atom stereocenters. The number of benzene rings is 1. The highest BCUT2D eigenvalue weighted by Crippen LogP contribution is 2.27.